The van der Waals surface area contributed by atoms with Crippen LogP contribution in [0.2, 0.25) is 0 Å². The van der Waals surface area contributed by atoms with Crippen LogP contribution in [-0.4, -0.2) is 36.7 Å². The number of hydrogen-bond acceptors (Lipinski definition) is 2. The number of carbonyl (C=O) groups excluding carboxylic acids is 1. The summed E-state index contributed by atoms with van der Waals surface area (Å²) in [5.74, 6) is -2.50. The van der Waals surface area contributed by atoms with E-state index in [1.54, 1.807) is 11.0 Å². The highest BCUT2D eigenvalue weighted by atomic mass is 19.3. The van der Waals surface area contributed by atoms with Crippen molar-refractivity contribution < 1.29 is 13.6 Å². The van der Waals surface area contributed by atoms with Crippen LogP contribution >= 0.6 is 0 Å². The molecular weight excluding hydrogens is 152 g/mol. The summed E-state index contributed by atoms with van der Waals surface area (Å²) in [6.07, 6.45) is 3.52. The average molecular weight is 161 g/mol. The van der Waals surface area contributed by atoms with Crippen molar-refractivity contribution in [3.8, 4) is 0 Å². The molecule has 1 rings (SSSR count). The number of rotatable bonds is 3. The Hall–Kier alpha value is -0.770. The highest BCUT2D eigenvalue weighted by Gasteiger charge is 2.42. The Morgan fingerprint density at radius 1 is 1.45 bits per heavy atom. The van der Waals surface area contributed by atoms with Gasteiger partial charge in [-0.1, -0.05) is 6.08 Å². The number of likely N-dealkylation sites (tertiary alicyclic amines) is 1. The molecule has 1 aliphatic heterocycles. The van der Waals surface area contributed by atoms with Gasteiger partial charge in [0, 0.05) is 6.54 Å². The first kappa shape index (κ1) is 8.33. The van der Waals surface area contributed by atoms with Crippen LogP contribution in [-0.2, 0) is 4.79 Å². The number of halogens is 2. The Morgan fingerprint density at radius 2 is 2.09 bits per heavy atom. The molecule has 62 valence electrons. The van der Waals surface area contributed by atoms with Gasteiger partial charge < -0.3 is 0 Å². The summed E-state index contributed by atoms with van der Waals surface area (Å²) < 4.78 is 24.3. The van der Waals surface area contributed by atoms with Gasteiger partial charge in [0.25, 0.3) is 5.92 Å². The molecular formula is C7H9F2NO. The quantitative estimate of drug-likeness (QED) is 0.448. The lowest BCUT2D eigenvalue weighted by atomic mass is 10.1. The van der Waals surface area contributed by atoms with Gasteiger partial charge in [-0.2, -0.15) is 0 Å². The monoisotopic (exact) mass is 161 g/mol. The first-order chi connectivity index (χ1) is 5.14. The van der Waals surface area contributed by atoms with E-state index in [2.05, 4.69) is 0 Å². The molecule has 0 saturated carbocycles. The molecule has 0 aliphatic carbocycles. The molecule has 0 aromatic carbocycles. The minimum absolute atomic E-state index is 0.184. The minimum Gasteiger partial charge on any atom is -0.299 e. The predicted molar refractivity (Wildman–Crippen MR) is 36.6 cm³/mol. The van der Waals surface area contributed by atoms with Crippen LogP contribution in [0, 0.1) is 0 Å². The molecule has 2 nitrogen and oxygen atoms in total. The topological polar surface area (TPSA) is 20.3 Å². The van der Waals surface area contributed by atoms with Crippen LogP contribution in [0.15, 0.2) is 12.2 Å². The largest absolute Gasteiger partial charge is 0.299 e. The Bertz CT molecular complexity index is 171. The number of alkyl halides is 2. The van der Waals surface area contributed by atoms with Crippen molar-refractivity contribution in [2.75, 3.05) is 19.6 Å². The summed E-state index contributed by atoms with van der Waals surface area (Å²) in [6, 6.07) is 0. The molecule has 0 spiro atoms. The second-order valence-corrected chi connectivity index (χ2v) is 2.59. The van der Waals surface area contributed by atoms with Crippen molar-refractivity contribution in [1.29, 1.82) is 0 Å². The molecule has 0 unspecified atom stereocenters. The molecule has 1 heterocycles. The van der Waals surface area contributed by atoms with E-state index in [1.165, 1.54) is 6.08 Å². The van der Waals surface area contributed by atoms with Gasteiger partial charge in [-0.15, -0.1) is 0 Å². The maximum atomic E-state index is 12.2. The van der Waals surface area contributed by atoms with Crippen LogP contribution in [0.5, 0.6) is 0 Å². The summed E-state index contributed by atoms with van der Waals surface area (Å²) in [6.45, 7) is 0.0702. The Labute approximate surface area is 63.5 Å². The lowest BCUT2D eigenvalue weighted by Crippen LogP contribution is -2.55. The summed E-state index contributed by atoms with van der Waals surface area (Å²) in [5.41, 5.74) is 0. The number of carbonyl (C=O) groups is 1. The Kier molecular flexibility index (Phi) is 2.34. The maximum Gasteiger partial charge on any atom is 0.272 e. The van der Waals surface area contributed by atoms with Crippen LogP contribution in [0.4, 0.5) is 8.78 Å². The van der Waals surface area contributed by atoms with Crippen molar-refractivity contribution in [3.05, 3.63) is 12.2 Å². The van der Waals surface area contributed by atoms with Gasteiger partial charge in [0.2, 0.25) is 0 Å². The number of hydrogen-bond donors (Lipinski definition) is 0. The van der Waals surface area contributed by atoms with Crippen LogP contribution < -0.4 is 0 Å². The van der Waals surface area contributed by atoms with Crippen LogP contribution in [0.25, 0.3) is 0 Å². The van der Waals surface area contributed by atoms with E-state index < -0.39 is 5.92 Å². The van der Waals surface area contributed by atoms with E-state index in [9.17, 15) is 13.6 Å². The average Bonchev–Trinajstić information content (AvgIpc) is 1.84. The molecule has 1 saturated heterocycles. The SMILES string of the molecule is O=C/C=C/CN1CC(F)(F)C1. The molecule has 0 aromatic rings. The molecule has 0 bridgehead atoms. The molecule has 0 N–H and O–H groups in total. The summed E-state index contributed by atoms with van der Waals surface area (Å²) >= 11 is 0. The molecule has 0 atom stereocenters. The van der Waals surface area contributed by atoms with Crippen LogP contribution in [0.3, 0.4) is 0 Å². The van der Waals surface area contributed by atoms with E-state index >= 15 is 0 Å². The summed E-state index contributed by atoms with van der Waals surface area (Å²) in [4.78, 5) is 11.3. The van der Waals surface area contributed by atoms with E-state index in [-0.39, 0.29) is 13.1 Å². The second-order valence-electron chi connectivity index (χ2n) is 2.59. The van der Waals surface area contributed by atoms with Crippen molar-refractivity contribution in [2.24, 2.45) is 0 Å². The number of aldehydes is 1. The zero-order chi connectivity index (χ0) is 8.32. The van der Waals surface area contributed by atoms with Gasteiger partial charge in [-0.05, 0) is 6.08 Å². The smallest absolute Gasteiger partial charge is 0.272 e. The number of allylic oxidation sites excluding steroid dienone is 1. The first-order valence-corrected chi connectivity index (χ1v) is 3.34. The van der Waals surface area contributed by atoms with Gasteiger partial charge in [0.15, 0.2) is 0 Å². The Morgan fingerprint density at radius 3 is 2.55 bits per heavy atom. The predicted octanol–water partition coefficient (Wildman–Crippen LogP) is 0.692. The normalized spacial score (nSPS) is 23.5. The number of nitrogens with zero attached hydrogens (tertiary/aromatic N) is 1. The zero-order valence-electron chi connectivity index (χ0n) is 5.96. The second kappa shape index (κ2) is 3.09. The fourth-order valence-electron chi connectivity index (χ4n) is 1.00. The van der Waals surface area contributed by atoms with Gasteiger partial charge in [0.1, 0.15) is 6.29 Å². The van der Waals surface area contributed by atoms with Crippen LogP contribution in [0.1, 0.15) is 0 Å². The third-order valence-electron chi connectivity index (χ3n) is 1.49. The standard InChI is InChI=1S/C7H9F2NO/c8-7(9)5-10(6-7)3-1-2-4-11/h1-2,4H,3,5-6H2/b2-1+. The molecule has 1 aliphatic rings. The van der Waals surface area contributed by atoms with E-state index in [1.807, 2.05) is 0 Å². The Balaban J connectivity index is 2.14. The minimum atomic E-state index is -2.50. The third-order valence-corrected chi connectivity index (χ3v) is 1.49. The van der Waals surface area contributed by atoms with Gasteiger partial charge >= 0.3 is 0 Å². The van der Waals surface area contributed by atoms with Crippen molar-refractivity contribution in [2.45, 2.75) is 5.92 Å². The molecule has 0 radical (unpaired) electrons. The van der Waals surface area contributed by atoms with E-state index in [0.717, 1.165) is 0 Å². The maximum absolute atomic E-state index is 12.2. The fourth-order valence-corrected chi connectivity index (χ4v) is 1.00. The first-order valence-electron chi connectivity index (χ1n) is 3.34. The highest BCUT2D eigenvalue weighted by molar-refractivity contribution is 5.64. The van der Waals surface area contributed by atoms with Gasteiger partial charge in [-0.25, -0.2) is 8.78 Å². The highest BCUT2D eigenvalue weighted by Crippen LogP contribution is 2.25. The fraction of sp³-hybridized carbons (Fsp3) is 0.571. The van der Waals surface area contributed by atoms with Crippen molar-refractivity contribution >= 4 is 6.29 Å². The summed E-state index contributed by atoms with van der Waals surface area (Å²) in [5, 5.41) is 0. The zero-order valence-corrected chi connectivity index (χ0v) is 5.96. The van der Waals surface area contributed by atoms with Gasteiger partial charge in [-0.3, -0.25) is 9.69 Å². The molecule has 1 fully saturated rings. The van der Waals surface area contributed by atoms with Crippen molar-refractivity contribution in [3.63, 3.8) is 0 Å². The molecule has 0 amide bonds. The van der Waals surface area contributed by atoms with E-state index in [0.29, 0.717) is 12.8 Å². The summed E-state index contributed by atoms with van der Waals surface area (Å²) in [7, 11) is 0. The van der Waals surface area contributed by atoms with Gasteiger partial charge in [0.05, 0.1) is 13.1 Å². The van der Waals surface area contributed by atoms with Crippen molar-refractivity contribution in [1.82, 2.24) is 4.90 Å². The van der Waals surface area contributed by atoms with E-state index in [4.69, 9.17) is 0 Å². The molecule has 0 aromatic heterocycles. The molecule has 11 heavy (non-hydrogen) atoms. The lowest BCUT2D eigenvalue weighted by molar-refractivity contribution is -0.125. The molecule has 4 heteroatoms. The lowest BCUT2D eigenvalue weighted by Gasteiger charge is -2.37. The third kappa shape index (κ3) is 2.38.